The zero-order valence-electron chi connectivity index (χ0n) is 13.3. The highest BCUT2D eigenvalue weighted by Gasteiger charge is 2.04. The number of furan rings is 1. The minimum absolute atomic E-state index is 0.412. The summed E-state index contributed by atoms with van der Waals surface area (Å²) in [5.74, 6) is 4.03. The van der Waals surface area contributed by atoms with E-state index in [1.54, 1.807) is 18.8 Å². The second-order valence-electron chi connectivity index (χ2n) is 4.98. The van der Waals surface area contributed by atoms with Crippen molar-refractivity contribution in [2.75, 3.05) is 40.0 Å². The Labute approximate surface area is 135 Å². The molecule has 124 valence electrons. The van der Waals surface area contributed by atoms with E-state index in [2.05, 4.69) is 15.5 Å². The maximum atomic E-state index is 10.4. The van der Waals surface area contributed by atoms with E-state index in [4.69, 9.17) is 4.42 Å². The number of hydrogen-bond acceptors (Lipinski definition) is 7. The molecule has 0 spiro atoms. The lowest BCUT2D eigenvalue weighted by atomic mass is 10.3. The molecule has 0 amide bonds. The molecule has 1 rings (SSSR count). The van der Waals surface area contributed by atoms with Gasteiger partial charge in [-0.2, -0.15) is 11.8 Å². The summed E-state index contributed by atoms with van der Waals surface area (Å²) in [4.78, 5) is 12.0. The third kappa shape index (κ3) is 7.94. The molecule has 0 aliphatic carbocycles. The van der Waals surface area contributed by atoms with Gasteiger partial charge in [0.2, 0.25) is 0 Å². The van der Waals surface area contributed by atoms with Crippen molar-refractivity contribution < 1.29 is 9.34 Å². The minimum atomic E-state index is -0.482. The van der Waals surface area contributed by atoms with E-state index in [-0.39, 0.29) is 0 Å². The Kier molecular flexibility index (Phi) is 8.46. The SMILES string of the molecule is CN/C(=C\[N+](=O)[O-])NCCSCc1ccc(CCN(C)C)o1. The van der Waals surface area contributed by atoms with E-state index in [0.717, 1.165) is 42.2 Å². The Balaban J connectivity index is 2.20. The Bertz CT molecular complexity index is 488. The number of nitrogens with one attached hydrogen (secondary N) is 2. The second kappa shape index (κ2) is 10.1. The van der Waals surface area contributed by atoms with Crippen LogP contribution in [0.2, 0.25) is 0 Å². The maximum absolute atomic E-state index is 10.4. The number of nitro groups is 1. The van der Waals surface area contributed by atoms with Gasteiger partial charge in [-0.3, -0.25) is 10.1 Å². The van der Waals surface area contributed by atoms with Crippen LogP contribution in [-0.4, -0.2) is 49.8 Å². The predicted octanol–water partition coefficient (Wildman–Crippen LogP) is 1.50. The largest absolute Gasteiger partial charge is 0.465 e. The fraction of sp³-hybridized carbons (Fsp3) is 0.571. The molecule has 1 aromatic rings. The topological polar surface area (TPSA) is 83.6 Å². The average molecular weight is 328 g/mol. The highest BCUT2D eigenvalue weighted by molar-refractivity contribution is 7.98. The van der Waals surface area contributed by atoms with Crippen LogP contribution in [0.25, 0.3) is 0 Å². The summed E-state index contributed by atoms with van der Waals surface area (Å²) >= 11 is 1.72. The van der Waals surface area contributed by atoms with Crippen LogP contribution in [0.4, 0.5) is 0 Å². The average Bonchev–Trinajstić information content (AvgIpc) is 2.91. The van der Waals surface area contributed by atoms with Crippen molar-refractivity contribution >= 4 is 11.8 Å². The first-order valence-corrected chi connectivity index (χ1v) is 8.23. The minimum Gasteiger partial charge on any atom is -0.465 e. The van der Waals surface area contributed by atoms with E-state index in [1.807, 2.05) is 26.2 Å². The van der Waals surface area contributed by atoms with Gasteiger partial charge in [-0.15, -0.1) is 0 Å². The Morgan fingerprint density at radius 1 is 1.45 bits per heavy atom. The van der Waals surface area contributed by atoms with E-state index < -0.39 is 4.92 Å². The van der Waals surface area contributed by atoms with Gasteiger partial charge in [0.15, 0.2) is 5.82 Å². The molecule has 1 aromatic heterocycles. The highest BCUT2D eigenvalue weighted by atomic mass is 32.2. The molecule has 0 aliphatic rings. The van der Waals surface area contributed by atoms with Gasteiger partial charge in [0.1, 0.15) is 11.5 Å². The van der Waals surface area contributed by atoms with Crippen molar-refractivity contribution in [2.24, 2.45) is 0 Å². The molecule has 22 heavy (non-hydrogen) atoms. The molecule has 2 N–H and O–H groups in total. The number of likely N-dealkylation sites (N-methyl/N-ethyl adjacent to an activating group) is 1. The Hall–Kier alpha value is -1.67. The third-order valence-electron chi connectivity index (χ3n) is 2.83. The van der Waals surface area contributed by atoms with E-state index in [9.17, 15) is 10.1 Å². The molecular weight excluding hydrogens is 304 g/mol. The van der Waals surface area contributed by atoms with Crippen LogP contribution in [0.3, 0.4) is 0 Å². The van der Waals surface area contributed by atoms with Gasteiger partial charge in [0.05, 0.1) is 10.7 Å². The van der Waals surface area contributed by atoms with Crippen molar-refractivity contribution in [2.45, 2.75) is 12.2 Å². The van der Waals surface area contributed by atoms with Crippen molar-refractivity contribution in [1.82, 2.24) is 15.5 Å². The van der Waals surface area contributed by atoms with Crippen LogP contribution in [-0.2, 0) is 12.2 Å². The molecule has 0 atom stereocenters. The number of nitrogens with zero attached hydrogens (tertiary/aromatic N) is 2. The summed E-state index contributed by atoms with van der Waals surface area (Å²) in [6, 6.07) is 4.04. The van der Waals surface area contributed by atoms with E-state index in [0.29, 0.717) is 12.4 Å². The second-order valence-corrected chi connectivity index (χ2v) is 6.08. The fourth-order valence-corrected chi connectivity index (χ4v) is 2.45. The van der Waals surface area contributed by atoms with Crippen LogP contribution in [0, 0.1) is 10.1 Å². The van der Waals surface area contributed by atoms with Crippen LogP contribution in [0.15, 0.2) is 28.6 Å². The lowest BCUT2D eigenvalue weighted by Gasteiger charge is -2.07. The molecule has 0 bridgehead atoms. The normalized spacial score (nSPS) is 11.7. The van der Waals surface area contributed by atoms with Gasteiger partial charge in [-0.05, 0) is 26.2 Å². The summed E-state index contributed by atoms with van der Waals surface area (Å²) in [6.07, 6.45) is 1.84. The lowest BCUT2D eigenvalue weighted by molar-refractivity contribution is -0.404. The molecule has 0 saturated carbocycles. The quantitative estimate of drug-likeness (QED) is 0.362. The number of hydrogen-bond donors (Lipinski definition) is 2. The summed E-state index contributed by atoms with van der Waals surface area (Å²) in [6.45, 7) is 1.62. The summed E-state index contributed by atoms with van der Waals surface area (Å²) in [7, 11) is 5.73. The molecule has 8 heteroatoms. The van der Waals surface area contributed by atoms with Crippen LogP contribution < -0.4 is 10.6 Å². The molecule has 0 aliphatic heterocycles. The molecule has 0 fully saturated rings. The van der Waals surface area contributed by atoms with Gasteiger partial charge in [-0.1, -0.05) is 0 Å². The lowest BCUT2D eigenvalue weighted by Crippen LogP contribution is -2.26. The van der Waals surface area contributed by atoms with Crippen LogP contribution in [0.5, 0.6) is 0 Å². The Morgan fingerprint density at radius 2 is 2.18 bits per heavy atom. The van der Waals surface area contributed by atoms with Gasteiger partial charge in [-0.25, -0.2) is 0 Å². The molecule has 0 radical (unpaired) electrons. The molecular formula is C14H24N4O3S. The smallest absolute Gasteiger partial charge is 0.274 e. The first-order valence-electron chi connectivity index (χ1n) is 7.08. The van der Waals surface area contributed by atoms with Crippen molar-refractivity contribution in [3.63, 3.8) is 0 Å². The zero-order valence-corrected chi connectivity index (χ0v) is 14.1. The van der Waals surface area contributed by atoms with Gasteiger partial charge < -0.3 is 20.0 Å². The third-order valence-corrected chi connectivity index (χ3v) is 3.81. The predicted molar refractivity (Wildman–Crippen MR) is 89.3 cm³/mol. The van der Waals surface area contributed by atoms with Crippen LogP contribution >= 0.6 is 11.8 Å². The molecule has 0 aromatic carbocycles. The summed E-state index contributed by atoms with van der Waals surface area (Å²) in [5.41, 5.74) is 0. The van der Waals surface area contributed by atoms with Gasteiger partial charge in [0.25, 0.3) is 6.20 Å². The molecule has 0 saturated heterocycles. The molecule has 7 nitrogen and oxygen atoms in total. The van der Waals surface area contributed by atoms with Gasteiger partial charge in [0, 0.05) is 32.3 Å². The monoisotopic (exact) mass is 328 g/mol. The first-order chi connectivity index (χ1) is 10.5. The summed E-state index contributed by atoms with van der Waals surface area (Å²) in [5, 5.41) is 16.1. The van der Waals surface area contributed by atoms with E-state index >= 15 is 0 Å². The highest BCUT2D eigenvalue weighted by Crippen LogP contribution is 2.15. The van der Waals surface area contributed by atoms with Crippen molar-refractivity contribution in [1.29, 1.82) is 0 Å². The number of thioether (sulfide) groups is 1. The van der Waals surface area contributed by atoms with Crippen LogP contribution in [0.1, 0.15) is 11.5 Å². The Morgan fingerprint density at radius 3 is 2.82 bits per heavy atom. The first kappa shape index (κ1) is 18.4. The van der Waals surface area contributed by atoms with Gasteiger partial charge >= 0.3 is 0 Å². The maximum Gasteiger partial charge on any atom is 0.274 e. The number of rotatable bonds is 11. The molecule has 0 unspecified atom stereocenters. The summed E-state index contributed by atoms with van der Waals surface area (Å²) < 4.78 is 5.75. The van der Waals surface area contributed by atoms with E-state index in [1.165, 1.54) is 0 Å². The van der Waals surface area contributed by atoms with Crippen molar-refractivity contribution in [3.05, 3.63) is 45.8 Å². The zero-order chi connectivity index (χ0) is 16.4. The fourth-order valence-electron chi connectivity index (χ4n) is 1.70. The molecule has 1 heterocycles. The van der Waals surface area contributed by atoms with Crippen molar-refractivity contribution in [3.8, 4) is 0 Å². The standard InChI is InChI=1S/C14H24N4O3S/c1-15-14(10-18(19)20)16-7-9-22-11-13-5-4-12(21-13)6-8-17(2)3/h4-5,10,15-16H,6-9,11H2,1-3H3/b14-10+.